The highest BCUT2D eigenvalue weighted by atomic mass is 16.4. The first-order valence-corrected chi connectivity index (χ1v) is 5.64. The fraction of sp³-hybridized carbons (Fsp3) is 0.583. The summed E-state index contributed by atoms with van der Waals surface area (Å²) >= 11 is 0. The van der Waals surface area contributed by atoms with Crippen LogP contribution in [0.2, 0.25) is 0 Å². The Balaban J connectivity index is 2.16. The van der Waals surface area contributed by atoms with E-state index in [-0.39, 0.29) is 6.42 Å². The molecule has 88 valence electrons. The van der Waals surface area contributed by atoms with E-state index in [2.05, 4.69) is 4.98 Å². The number of aryl methyl sites for hydroxylation is 2. The molecule has 0 spiro atoms. The summed E-state index contributed by atoms with van der Waals surface area (Å²) < 4.78 is 0. The number of nitrogens with one attached hydrogen (secondary N) is 1. The third-order valence-corrected chi connectivity index (χ3v) is 3.17. The molecule has 1 aromatic rings. The third-order valence-electron chi connectivity index (χ3n) is 3.17. The lowest BCUT2D eigenvalue weighted by Crippen LogP contribution is -2.37. The number of carboxylic acids is 1. The van der Waals surface area contributed by atoms with Gasteiger partial charge in [-0.2, -0.15) is 0 Å². The Bertz CT molecular complexity index is 383. The molecule has 2 rings (SSSR count). The normalized spacial score (nSPS) is 18.9. The Kier molecular flexibility index (Phi) is 2.76. The zero-order chi connectivity index (χ0) is 11.8. The number of hydrogen-bond donors (Lipinski definition) is 3. The second-order valence-electron chi connectivity index (χ2n) is 4.76. The summed E-state index contributed by atoms with van der Waals surface area (Å²) in [7, 11) is 0. The summed E-state index contributed by atoms with van der Waals surface area (Å²) in [6, 6.07) is 1.99. The molecule has 0 saturated carbocycles. The lowest BCUT2D eigenvalue weighted by Gasteiger charge is -2.16. The first kappa shape index (κ1) is 11.2. The summed E-state index contributed by atoms with van der Waals surface area (Å²) in [6.45, 7) is 1.33. The molecule has 1 atom stereocenters. The van der Waals surface area contributed by atoms with Gasteiger partial charge in [0.05, 0.1) is 0 Å². The molecule has 0 aliphatic heterocycles. The molecule has 1 aliphatic carbocycles. The van der Waals surface area contributed by atoms with Gasteiger partial charge in [-0.1, -0.05) is 0 Å². The van der Waals surface area contributed by atoms with Crippen LogP contribution < -0.4 is 0 Å². The first-order valence-electron chi connectivity index (χ1n) is 5.64. The van der Waals surface area contributed by atoms with Gasteiger partial charge in [-0.3, -0.25) is 0 Å². The SMILES string of the molecule is CC(O)(Cc1cc2c([nH]1)CCCC2)C(=O)O. The average Bonchev–Trinajstić information content (AvgIpc) is 2.58. The van der Waals surface area contributed by atoms with E-state index >= 15 is 0 Å². The summed E-state index contributed by atoms with van der Waals surface area (Å²) in [5.74, 6) is -1.18. The van der Waals surface area contributed by atoms with Crippen molar-refractivity contribution in [3.05, 3.63) is 23.0 Å². The van der Waals surface area contributed by atoms with E-state index in [1.807, 2.05) is 6.07 Å². The highest BCUT2D eigenvalue weighted by Gasteiger charge is 2.31. The van der Waals surface area contributed by atoms with Crippen LogP contribution in [0.3, 0.4) is 0 Å². The van der Waals surface area contributed by atoms with E-state index < -0.39 is 11.6 Å². The second-order valence-corrected chi connectivity index (χ2v) is 4.76. The molecular formula is C12H17NO3. The molecule has 1 aliphatic rings. The van der Waals surface area contributed by atoms with Crippen molar-refractivity contribution in [2.75, 3.05) is 0 Å². The van der Waals surface area contributed by atoms with E-state index in [0.29, 0.717) is 0 Å². The molecule has 0 radical (unpaired) electrons. The van der Waals surface area contributed by atoms with Crippen LogP contribution >= 0.6 is 0 Å². The van der Waals surface area contributed by atoms with E-state index in [1.54, 1.807) is 0 Å². The molecule has 3 N–H and O–H groups in total. The van der Waals surface area contributed by atoms with E-state index in [9.17, 15) is 9.90 Å². The van der Waals surface area contributed by atoms with E-state index in [4.69, 9.17) is 5.11 Å². The van der Waals surface area contributed by atoms with Crippen molar-refractivity contribution in [1.29, 1.82) is 0 Å². The van der Waals surface area contributed by atoms with Crippen molar-refractivity contribution in [3.63, 3.8) is 0 Å². The number of H-pyrrole nitrogens is 1. The number of aliphatic carboxylic acids is 1. The minimum Gasteiger partial charge on any atom is -0.479 e. The van der Waals surface area contributed by atoms with Crippen LogP contribution in [0.1, 0.15) is 36.7 Å². The zero-order valence-electron chi connectivity index (χ0n) is 9.42. The Labute approximate surface area is 94.3 Å². The monoisotopic (exact) mass is 223 g/mol. The molecular weight excluding hydrogens is 206 g/mol. The second kappa shape index (κ2) is 3.94. The topological polar surface area (TPSA) is 73.3 Å². The van der Waals surface area contributed by atoms with Crippen molar-refractivity contribution in [2.24, 2.45) is 0 Å². The number of aliphatic hydroxyl groups is 1. The van der Waals surface area contributed by atoms with Gasteiger partial charge in [-0.05, 0) is 44.2 Å². The quantitative estimate of drug-likeness (QED) is 0.722. The molecule has 0 amide bonds. The fourth-order valence-corrected chi connectivity index (χ4v) is 2.21. The van der Waals surface area contributed by atoms with Crippen LogP contribution in [0.5, 0.6) is 0 Å². The van der Waals surface area contributed by atoms with Crippen molar-refractivity contribution in [1.82, 2.24) is 4.98 Å². The predicted molar refractivity (Wildman–Crippen MR) is 59.4 cm³/mol. The van der Waals surface area contributed by atoms with Crippen LogP contribution in [0, 0.1) is 0 Å². The average molecular weight is 223 g/mol. The lowest BCUT2D eigenvalue weighted by atomic mass is 9.97. The molecule has 0 aromatic carbocycles. The van der Waals surface area contributed by atoms with Crippen LogP contribution in [-0.2, 0) is 24.1 Å². The molecule has 4 heteroatoms. The van der Waals surface area contributed by atoms with Gasteiger partial charge >= 0.3 is 5.97 Å². The highest BCUT2D eigenvalue weighted by molar-refractivity contribution is 5.76. The van der Waals surface area contributed by atoms with Gasteiger partial charge in [0, 0.05) is 17.8 Å². The summed E-state index contributed by atoms with van der Waals surface area (Å²) in [4.78, 5) is 14.0. The van der Waals surface area contributed by atoms with Gasteiger partial charge in [0.2, 0.25) is 0 Å². The van der Waals surface area contributed by atoms with Gasteiger partial charge in [-0.25, -0.2) is 4.79 Å². The molecule has 0 bridgehead atoms. The molecule has 1 aromatic heterocycles. The largest absolute Gasteiger partial charge is 0.479 e. The van der Waals surface area contributed by atoms with Crippen LogP contribution in [0.25, 0.3) is 0 Å². The Hall–Kier alpha value is -1.29. The maximum Gasteiger partial charge on any atom is 0.335 e. The van der Waals surface area contributed by atoms with Gasteiger partial charge in [0.1, 0.15) is 0 Å². The number of carboxylic acid groups (broad SMARTS) is 1. The first-order chi connectivity index (χ1) is 7.49. The molecule has 1 heterocycles. The maximum absolute atomic E-state index is 10.8. The van der Waals surface area contributed by atoms with E-state index in [0.717, 1.165) is 18.5 Å². The summed E-state index contributed by atoms with van der Waals surface area (Å²) in [6.07, 6.45) is 4.60. The molecule has 1 unspecified atom stereocenters. The third kappa shape index (κ3) is 2.11. The predicted octanol–water partition coefficient (Wildman–Crippen LogP) is 1.27. The summed E-state index contributed by atoms with van der Waals surface area (Å²) in [5.41, 5.74) is 1.62. The molecule has 16 heavy (non-hydrogen) atoms. The highest BCUT2D eigenvalue weighted by Crippen LogP contribution is 2.23. The molecule has 0 fully saturated rings. The minimum absolute atomic E-state index is 0.134. The van der Waals surface area contributed by atoms with Crippen LogP contribution in [0.15, 0.2) is 6.07 Å². The number of aromatic amines is 1. The summed E-state index contributed by atoms with van der Waals surface area (Å²) in [5, 5.41) is 18.5. The van der Waals surface area contributed by atoms with E-state index in [1.165, 1.54) is 31.0 Å². The van der Waals surface area contributed by atoms with Crippen molar-refractivity contribution in [2.45, 2.75) is 44.6 Å². The molecule has 0 saturated heterocycles. The molecule has 4 nitrogen and oxygen atoms in total. The lowest BCUT2D eigenvalue weighted by molar-refractivity contribution is -0.156. The number of carbonyl (C=O) groups is 1. The Morgan fingerprint density at radius 2 is 2.19 bits per heavy atom. The smallest absolute Gasteiger partial charge is 0.335 e. The minimum atomic E-state index is -1.69. The Morgan fingerprint density at radius 3 is 2.81 bits per heavy atom. The van der Waals surface area contributed by atoms with Crippen molar-refractivity contribution in [3.8, 4) is 0 Å². The van der Waals surface area contributed by atoms with Crippen molar-refractivity contribution < 1.29 is 15.0 Å². The van der Waals surface area contributed by atoms with Crippen LogP contribution in [-0.4, -0.2) is 26.8 Å². The maximum atomic E-state index is 10.8. The number of aromatic nitrogens is 1. The van der Waals surface area contributed by atoms with Gasteiger partial charge in [-0.15, -0.1) is 0 Å². The van der Waals surface area contributed by atoms with Gasteiger partial charge < -0.3 is 15.2 Å². The number of hydrogen-bond acceptors (Lipinski definition) is 2. The van der Waals surface area contributed by atoms with Gasteiger partial charge in [0.25, 0.3) is 0 Å². The number of fused-ring (bicyclic) bond motifs is 1. The standard InChI is InChI=1S/C12H17NO3/c1-12(16,11(14)15)7-9-6-8-4-2-3-5-10(8)13-9/h6,13,16H,2-5,7H2,1H3,(H,14,15). The zero-order valence-corrected chi connectivity index (χ0v) is 9.42. The fourth-order valence-electron chi connectivity index (χ4n) is 2.21. The van der Waals surface area contributed by atoms with Gasteiger partial charge in [0.15, 0.2) is 5.60 Å². The number of rotatable bonds is 3. The van der Waals surface area contributed by atoms with Crippen molar-refractivity contribution >= 4 is 5.97 Å². The Morgan fingerprint density at radius 1 is 1.50 bits per heavy atom. The van der Waals surface area contributed by atoms with Crippen LogP contribution in [0.4, 0.5) is 0 Å².